The van der Waals surface area contributed by atoms with E-state index < -0.39 is 0 Å². The Morgan fingerprint density at radius 2 is 1.88 bits per heavy atom. The summed E-state index contributed by atoms with van der Waals surface area (Å²) in [6.45, 7) is 3.53. The van der Waals surface area contributed by atoms with Gasteiger partial charge in [-0.1, -0.05) is 50.1 Å². The van der Waals surface area contributed by atoms with Gasteiger partial charge in [0.15, 0.2) is 0 Å². The Kier molecular flexibility index (Phi) is 7.73. The molecule has 0 aromatic heterocycles. The van der Waals surface area contributed by atoms with E-state index in [9.17, 15) is 4.79 Å². The number of carbonyl (C=O) groups excluding carboxylic acids is 1. The van der Waals surface area contributed by atoms with Crippen molar-refractivity contribution in [2.45, 2.75) is 63.6 Å². The summed E-state index contributed by atoms with van der Waals surface area (Å²) in [5.41, 5.74) is 7.43. The lowest BCUT2D eigenvalue weighted by Crippen LogP contribution is -2.47. The number of hydrogen-bond acceptors (Lipinski definition) is 3. The highest BCUT2D eigenvalue weighted by atomic mass is 35.5. The van der Waals surface area contributed by atoms with Crippen LogP contribution in [-0.2, 0) is 9.53 Å². The molecule has 1 amide bonds. The lowest BCUT2D eigenvalue weighted by Gasteiger charge is -2.34. The summed E-state index contributed by atoms with van der Waals surface area (Å²) in [7, 11) is 0. The van der Waals surface area contributed by atoms with Crippen LogP contribution in [0.5, 0.6) is 0 Å². The number of benzene rings is 1. The minimum absolute atomic E-state index is 0. The van der Waals surface area contributed by atoms with Gasteiger partial charge in [-0.15, -0.1) is 12.4 Å². The zero-order valence-corrected chi connectivity index (χ0v) is 15.9. The number of amides is 1. The van der Waals surface area contributed by atoms with Crippen LogP contribution < -0.4 is 5.73 Å². The first-order chi connectivity index (χ1) is 11.7. The normalized spacial score (nSPS) is 23.0. The minimum atomic E-state index is -0.257. The third-order valence-corrected chi connectivity index (χ3v) is 5.59. The Balaban J connectivity index is 0.00000225. The molecule has 0 bridgehead atoms. The lowest BCUT2D eigenvalue weighted by molar-refractivity contribution is -0.139. The molecule has 25 heavy (non-hydrogen) atoms. The van der Waals surface area contributed by atoms with Crippen LogP contribution in [0.2, 0.25) is 0 Å². The Morgan fingerprint density at radius 1 is 1.20 bits per heavy atom. The van der Waals surface area contributed by atoms with Crippen LogP contribution in [0.1, 0.15) is 57.1 Å². The topological polar surface area (TPSA) is 55.6 Å². The fourth-order valence-corrected chi connectivity index (χ4v) is 4.02. The second-order valence-electron chi connectivity index (χ2n) is 7.29. The Labute approximate surface area is 157 Å². The van der Waals surface area contributed by atoms with Crippen LogP contribution >= 0.6 is 12.4 Å². The first kappa shape index (κ1) is 20.2. The average molecular weight is 367 g/mol. The van der Waals surface area contributed by atoms with E-state index in [0.29, 0.717) is 6.04 Å². The third-order valence-electron chi connectivity index (χ3n) is 5.59. The highest BCUT2D eigenvalue weighted by molar-refractivity contribution is 5.85. The summed E-state index contributed by atoms with van der Waals surface area (Å²) >= 11 is 0. The van der Waals surface area contributed by atoms with Gasteiger partial charge < -0.3 is 15.4 Å². The highest BCUT2D eigenvalue weighted by Gasteiger charge is 2.34. The van der Waals surface area contributed by atoms with E-state index in [4.69, 9.17) is 10.5 Å². The summed E-state index contributed by atoms with van der Waals surface area (Å²) in [6.07, 6.45) is 7.05. The average Bonchev–Trinajstić information content (AvgIpc) is 3.32. The quantitative estimate of drug-likeness (QED) is 0.835. The molecule has 3 atom stereocenters. The molecular formula is C20H31ClN2O2. The first-order valence-corrected chi connectivity index (χ1v) is 9.39. The summed E-state index contributed by atoms with van der Waals surface area (Å²) in [4.78, 5) is 15.3. The molecule has 2 N–H and O–H groups in total. The van der Waals surface area contributed by atoms with Crippen LogP contribution in [0.3, 0.4) is 0 Å². The van der Waals surface area contributed by atoms with Gasteiger partial charge in [0.25, 0.3) is 0 Å². The zero-order valence-electron chi connectivity index (χ0n) is 15.1. The molecule has 1 aromatic rings. The van der Waals surface area contributed by atoms with E-state index in [1.807, 2.05) is 37.3 Å². The van der Waals surface area contributed by atoms with E-state index >= 15 is 0 Å². The molecule has 5 heteroatoms. The molecular weight excluding hydrogens is 336 g/mol. The number of hydrogen-bond donors (Lipinski definition) is 1. The molecule has 140 valence electrons. The molecule has 4 nitrogen and oxygen atoms in total. The van der Waals surface area contributed by atoms with Crippen molar-refractivity contribution in [2.24, 2.45) is 11.7 Å². The molecule has 0 spiro atoms. The Morgan fingerprint density at radius 3 is 2.48 bits per heavy atom. The fourth-order valence-electron chi connectivity index (χ4n) is 4.02. The number of carbonyl (C=O) groups is 1. The molecule has 0 radical (unpaired) electrons. The maximum atomic E-state index is 13.2. The SMILES string of the molecule is CC(C(=O)N(CC1CCCO1)C1CCCC1)C(N)c1ccccc1.Cl. The van der Waals surface area contributed by atoms with Crippen molar-refractivity contribution >= 4 is 18.3 Å². The van der Waals surface area contributed by atoms with Crippen LogP contribution in [0.4, 0.5) is 0 Å². The second kappa shape index (κ2) is 9.56. The van der Waals surface area contributed by atoms with Crippen molar-refractivity contribution in [3.8, 4) is 0 Å². The van der Waals surface area contributed by atoms with Gasteiger partial charge in [0.1, 0.15) is 0 Å². The first-order valence-electron chi connectivity index (χ1n) is 9.39. The fraction of sp³-hybridized carbons (Fsp3) is 0.650. The molecule has 1 aliphatic heterocycles. The Hall–Kier alpha value is -1.10. The Bertz CT molecular complexity index is 528. The van der Waals surface area contributed by atoms with Gasteiger partial charge >= 0.3 is 0 Å². The maximum Gasteiger partial charge on any atom is 0.227 e. The predicted octanol–water partition coefficient (Wildman–Crippen LogP) is 3.69. The van der Waals surface area contributed by atoms with Crippen LogP contribution in [0.25, 0.3) is 0 Å². The van der Waals surface area contributed by atoms with Gasteiger partial charge in [0.2, 0.25) is 5.91 Å². The molecule has 2 aliphatic rings. The molecule has 1 saturated carbocycles. The monoisotopic (exact) mass is 366 g/mol. The van der Waals surface area contributed by atoms with Crippen LogP contribution in [0, 0.1) is 5.92 Å². The van der Waals surface area contributed by atoms with Gasteiger partial charge in [-0.2, -0.15) is 0 Å². The summed E-state index contributed by atoms with van der Waals surface area (Å²) in [5, 5.41) is 0. The lowest BCUT2D eigenvalue weighted by atomic mass is 9.93. The van der Waals surface area contributed by atoms with Gasteiger partial charge in [-0.05, 0) is 31.2 Å². The predicted molar refractivity (Wildman–Crippen MR) is 103 cm³/mol. The van der Waals surface area contributed by atoms with Crippen molar-refractivity contribution in [1.29, 1.82) is 0 Å². The summed E-state index contributed by atoms with van der Waals surface area (Å²) in [5.74, 6) is -0.0249. The number of nitrogens with two attached hydrogens (primary N) is 1. The van der Waals surface area contributed by atoms with Gasteiger partial charge in [0, 0.05) is 25.2 Å². The number of ether oxygens (including phenoxy) is 1. The third kappa shape index (κ3) is 4.96. The number of halogens is 1. The van der Waals surface area contributed by atoms with Crippen molar-refractivity contribution in [2.75, 3.05) is 13.2 Å². The van der Waals surface area contributed by atoms with Crippen molar-refractivity contribution in [1.82, 2.24) is 4.90 Å². The van der Waals surface area contributed by atoms with Crippen LogP contribution in [-0.4, -0.2) is 36.1 Å². The van der Waals surface area contributed by atoms with Gasteiger partial charge in [-0.3, -0.25) is 4.79 Å². The molecule has 2 fully saturated rings. The molecule has 1 aromatic carbocycles. The number of rotatable bonds is 6. The van der Waals surface area contributed by atoms with Crippen LogP contribution in [0.15, 0.2) is 30.3 Å². The van der Waals surface area contributed by atoms with E-state index in [0.717, 1.165) is 44.4 Å². The molecule has 1 aliphatic carbocycles. The van der Waals surface area contributed by atoms with E-state index in [2.05, 4.69) is 4.90 Å². The minimum Gasteiger partial charge on any atom is -0.376 e. The summed E-state index contributed by atoms with van der Waals surface area (Å²) < 4.78 is 5.79. The zero-order chi connectivity index (χ0) is 16.9. The smallest absolute Gasteiger partial charge is 0.227 e. The molecule has 3 unspecified atom stereocenters. The number of nitrogens with zero attached hydrogens (tertiary/aromatic N) is 1. The van der Waals surface area contributed by atoms with Crippen molar-refractivity contribution < 1.29 is 9.53 Å². The summed E-state index contributed by atoms with van der Waals surface area (Å²) in [6, 6.07) is 10.1. The maximum absolute atomic E-state index is 13.2. The molecule has 3 rings (SSSR count). The van der Waals surface area contributed by atoms with Crippen molar-refractivity contribution in [3.63, 3.8) is 0 Å². The van der Waals surface area contributed by atoms with Crippen molar-refractivity contribution in [3.05, 3.63) is 35.9 Å². The highest BCUT2D eigenvalue weighted by Crippen LogP contribution is 2.29. The van der Waals surface area contributed by atoms with E-state index in [1.165, 1.54) is 12.8 Å². The largest absolute Gasteiger partial charge is 0.376 e. The molecule has 1 saturated heterocycles. The standard InChI is InChI=1S/C20H30N2O2.ClH/c1-15(19(21)16-8-3-2-4-9-16)20(23)22(17-10-5-6-11-17)14-18-12-7-13-24-18;/h2-4,8-9,15,17-19H,5-7,10-14,21H2,1H3;1H. The van der Waals surface area contributed by atoms with E-state index in [-0.39, 0.29) is 36.4 Å². The van der Waals surface area contributed by atoms with Gasteiger partial charge in [-0.25, -0.2) is 0 Å². The molecule has 1 heterocycles. The second-order valence-corrected chi connectivity index (χ2v) is 7.29. The van der Waals surface area contributed by atoms with Gasteiger partial charge in [0.05, 0.1) is 12.0 Å². The van der Waals surface area contributed by atoms with E-state index in [1.54, 1.807) is 0 Å².